The minimum absolute atomic E-state index is 0.0137. The van der Waals surface area contributed by atoms with Crippen LogP contribution in [-0.2, 0) is 14.3 Å². The first-order valence-electron chi connectivity index (χ1n) is 8.92. The SMILES string of the molecule is C[C@H]1[C@H](O)[C@H](C)C(=O)O[C@@H]1[C@H](C)[C@H]1O[C@H]([C@H](C)CO)CC[C@@H]1C. The van der Waals surface area contributed by atoms with Gasteiger partial charge in [-0.15, -0.1) is 0 Å². The van der Waals surface area contributed by atoms with Crippen molar-refractivity contribution in [3.8, 4) is 0 Å². The summed E-state index contributed by atoms with van der Waals surface area (Å²) >= 11 is 0. The van der Waals surface area contributed by atoms with E-state index >= 15 is 0 Å². The van der Waals surface area contributed by atoms with Crippen LogP contribution in [0, 0.1) is 29.6 Å². The molecule has 0 amide bonds. The molecule has 2 aliphatic heterocycles. The van der Waals surface area contributed by atoms with Gasteiger partial charge in [0.05, 0.1) is 24.2 Å². The molecule has 0 aromatic heterocycles. The molecule has 0 aliphatic carbocycles. The van der Waals surface area contributed by atoms with Crippen LogP contribution in [0.5, 0.6) is 0 Å². The van der Waals surface area contributed by atoms with Gasteiger partial charge in [-0.05, 0) is 25.7 Å². The average molecular weight is 328 g/mol. The van der Waals surface area contributed by atoms with E-state index in [0.29, 0.717) is 5.92 Å². The van der Waals surface area contributed by atoms with E-state index in [1.165, 1.54) is 0 Å². The van der Waals surface area contributed by atoms with Gasteiger partial charge in [0, 0.05) is 24.4 Å². The lowest BCUT2D eigenvalue weighted by atomic mass is 9.75. The van der Waals surface area contributed by atoms with Gasteiger partial charge in [-0.1, -0.05) is 27.7 Å². The predicted molar refractivity (Wildman–Crippen MR) is 86.7 cm³/mol. The molecule has 2 aliphatic rings. The van der Waals surface area contributed by atoms with Crippen LogP contribution in [0.15, 0.2) is 0 Å². The smallest absolute Gasteiger partial charge is 0.311 e. The standard InChI is InChI=1S/C18H32O5/c1-9-6-7-14(10(2)8-19)22-16(9)13(5)17-11(3)15(20)12(4)18(21)23-17/h9-17,19-20H,6-8H2,1-5H3/t9-,10+,11-,12-,13+,14-,15-,16-,17-/m0/s1. The van der Waals surface area contributed by atoms with Crippen molar-refractivity contribution in [2.24, 2.45) is 29.6 Å². The minimum Gasteiger partial charge on any atom is -0.461 e. The lowest BCUT2D eigenvalue weighted by Gasteiger charge is -2.45. The predicted octanol–water partition coefficient (Wildman–Crippen LogP) is 1.99. The molecule has 0 bridgehead atoms. The average Bonchev–Trinajstić information content (AvgIpc) is 2.55. The van der Waals surface area contributed by atoms with Gasteiger partial charge in [0.15, 0.2) is 0 Å². The van der Waals surface area contributed by atoms with E-state index in [4.69, 9.17) is 9.47 Å². The lowest BCUT2D eigenvalue weighted by molar-refractivity contribution is -0.199. The van der Waals surface area contributed by atoms with E-state index in [1.807, 2.05) is 20.8 Å². The van der Waals surface area contributed by atoms with Gasteiger partial charge in [-0.3, -0.25) is 4.79 Å². The number of carbonyl (C=O) groups excluding carboxylic acids is 1. The Balaban J connectivity index is 2.11. The molecular formula is C18H32O5. The fourth-order valence-corrected chi connectivity index (χ4v) is 4.08. The van der Waals surface area contributed by atoms with E-state index in [1.54, 1.807) is 6.92 Å². The Kier molecular flexibility index (Phi) is 6.09. The van der Waals surface area contributed by atoms with Crippen molar-refractivity contribution in [2.45, 2.75) is 71.9 Å². The number of aliphatic hydroxyl groups excluding tert-OH is 2. The molecule has 5 nitrogen and oxygen atoms in total. The molecule has 2 saturated heterocycles. The van der Waals surface area contributed by atoms with Gasteiger partial charge in [-0.25, -0.2) is 0 Å². The summed E-state index contributed by atoms with van der Waals surface area (Å²) < 4.78 is 11.9. The number of hydrogen-bond donors (Lipinski definition) is 2. The van der Waals surface area contributed by atoms with Crippen molar-refractivity contribution in [3.63, 3.8) is 0 Å². The Hall–Kier alpha value is -0.650. The van der Waals surface area contributed by atoms with Crippen LogP contribution in [-0.4, -0.2) is 47.2 Å². The summed E-state index contributed by atoms with van der Waals surface area (Å²) in [7, 11) is 0. The number of ether oxygens (including phenoxy) is 2. The van der Waals surface area contributed by atoms with Crippen molar-refractivity contribution >= 4 is 5.97 Å². The first kappa shape index (κ1) is 18.7. The first-order chi connectivity index (χ1) is 10.8. The molecule has 23 heavy (non-hydrogen) atoms. The molecule has 9 atom stereocenters. The summed E-state index contributed by atoms with van der Waals surface area (Å²) in [4.78, 5) is 12.0. The van der Waals surface area contributed by atoms with Crippen molar-refractivity contribution in [3.05, 3.63) is 0 Å². The van der Waals surface area contributed by atoms with Crippen LogP contribution in [0.4, 0.5) is 0 Å². The normalized spacial score (nSPS) is 44.5. The highest BCUT2D eigenvalue weighted by atomic mass is 16.6. The second-order valence-corrected chi connectivity index (χ2v) is 7.75. The zero-order chi connectivity index (χ0) is 17.3. The Morgan fingerprint density at radius 3 is 2.43 bits per heavy atom. The molecule has 0 radical (unpaired) electrons. The van der Waals surface area contributed by atoms with Crippen LogP contribution in [0.3, 0.4) is 0 Å². The Morgan fingerprint density at radius 2 is 1.83 bits per heavy atom. The van der Waals surface area contributed by atoms with Crippen molar-refractivity contribution < 1.29 is 24.5 Å². The molecule has 2 N–H and O–H groups in total. The lowest BCUT2D eigenvalue weighted by Crippen LogP contribution is -2.53. The number of rotatable bonds is 4. The summed E-state index contributed by atoms with van der Waals surface area (Å²) in [6.45, 7) is 9.97. The summed E-state index contributed by atoms with van der Waals surface area (Å²) in [6.07, 6.45) is 1.01. The third-order valence-electron chi connectivity index (χ3n) is 5.95. The van der Waals surface area contributed by atoms with E-state index in [-0.39, 0.29) is 48.6 Å². The molecule has 0 unspecified atom stereocenters. The zero-order valence-corrected chi connectivity index (χ0v) is 14.9. The molecule has 0 saturated carbocycles. The summed E-state index contributed by atoms with van der Waals surface area (Å²) in [5.41, 5.74) is 0. The Bertz CT molecular complexity index is 412. The van der Waals surface area contributed by atoms with Gasteiger partial charge in [0.25, 0.3) is 0 Å². The highest BCUT2D eigenvalue weighted by Crippen LogP contribution is 2.38. The third-order valence-corrected chi connectivity index (χ3v) is 5.95. The van der Waals surface area contributed by atoms with Crippen molar-refractivity contribution in [2.75, 3.05) is 6.61 Å². The number of carbonyl (C=O) groups is 1. The van der Waals surface area contributed by atoms with Crippen LogP contribution < -0.4 is 0 Å². The number of aliphatic hydroxyl groups is 2. The van der Waals surface area contributed by atoms with Gasteiger partial charge in [0.1, 0.15) is 6.10 Å². The molecule has 0 spiro atoms. The minimum atomic E-state index is -0.672. The molecule has 134 valence electrons. The van der Waals surface area contributed by atoms with Crippen LogP contribution in [0.2, 0.25) is 0 Å². The van der Waals surface area contributed by atoms with E-state index in [9.17, 15) is 15.0 Å². The summed E-state index contributed by atoms with van der Waals surface area (Å²) in [5.74, 6) is -0.413. The fraction of sp³-hybridized carbons (Fsp3) is 0.944. The first-order valence-corrected chi connectivity index (χ1v) is 8.92. The van der Waals surface area contributed by atoms with E-state index < -0.39 is 12.0 Å². The van der Waals surface area contributed by atoms with E-state index in [0.717, 1.165) is 12.8 Å². The third kappa shape index (κ3) is 3.72. The second-order valence-electron chi connectivity index (χ2n) is 7.75. The fourth-order valence-electron chi connectivity index (χ4n) is 4.08. The highest BCUT2D eigenvalue weighted by Gasteiger charge is 2.46. The zero-order valence-electron chi connectivity index (χ0n) is 14.9. The largest absolute Gasteiger partial charge is 0.461 e. The quantitative estimate of drug-likeness (QED) is 0.772. The van der Waals surface area contributed by atoms with Crippen molar-refractivity contribution in [1.82, 2.24) is 0 Å². The number of hydrogen-bond acceptors (Lipinski definition) is 5. The molecule has 2 rings (SSSR count). The maximum atomic E-state index is 12.0. The Morgan fingerprint density at radius 1 is 1.17 bits per heavy atom. The number of esters is 1. The maximum Gasteiger partial charge on any atom is 0.311 e. The van der Waals surface area contributed by atoms with Crippen LogP contribution >= 0.6 is 0 Å². The van der Waals surface area contributed by atoms with Crippen molar-refractivity contribution in [1.29, 1.82) is 0 Å². The summed E-state index contributed by atoms with van der Waals surface area (Å²) in [5, 5.41) is 19.7. The molecule has 0 aromatic rings. The van der Waals surface area contributed by atoms with Gasteiger partial charge >= 0.3 is 5.97 Å². The van der Waals surface area contributed by atoms with Crippen LogP contribution in [0.25, 0.3) is 0 Å². The summed E-state index contributed by atoms with van der Waals surface area (Å²) in [6, 6.07) is 0. The number of cyclic esters (lactones) is 1. The van der Waals surface area contributed by atoms with E-state index in [2.05, 4.69) is 6.92 Å². The van der Waals surface area contributed by atoms with Gasteiger partial charge in [-0.2, -0.15) is 0 Å². The molecular weight excluding hydrogens is 296 g/mol. The molecule has 0 aromatic carbocycles. The molecule has 2 fully saturated rings. The van der Waals surface area contributed by atoms with Crippen LogP contribution in [0.1, 0.15) is 47.5 Å². The maximum absolute atomic E-state index is 12.0. The Labute approximate surface area is 139 Å². The second kappa shape index (κ2) is 7.49. The molecule has 5 heteroatoms. The van der Waals surface area contributed by atoms with Gasteiger partial charge in [0.2, 0.25) is 0 Å². The monoisotopic (exact) mass is 328 g/mol. The van der Waals surface area contributed by atoms with Gasteiger partial charge < -0.3 is 19.7 Å². The highest BCUT2D eigenvalue weighted by molar-refractivity contribution is 5.73. The molecule has 2 heterocycles. The topological polar surface area (TPSA) is 76.0 Å².